The fraction of sp³-hybridized carbons (Fsp3) is 0.727. The van der Waals surface area contributed by atoms with E-state index in [1.807, 2.05) is 17.1 Å². The van der Waals surface area contributed by atoms with Crippen molar-refractivity contribution < 1.29 is 0 Å². The molecular weight excluding hydrogens is 268 g/mol. The third-order valence-corrected chi connectivity index (χ3v) is 2.75. The summed E-state index contributed by atoms with van der Waals surface area (Å²) in [6, 6.07) is 0.453. The normalized spacial score (nSPS) is 13.3. The monoisotopic (exact) mass is 288 g/mol. The molecule has 0 spiro atoms. The van der Waals surface area contributed by atoms with Gasteiger partial charge < -0.3 is 10.2 Å². The van der Waals surface area contributed by atoms with Crippen LogP contribution in [0.2, 0.25) is 0 Å². The Bertz CT molecular complexity index is 298. The molecule has 1 atom stereocenters. The minimum Gasteiger partial charge on any atom is -0.312 e. The van der Waals surface area contributed by atoms with Gasteiger partial charge in [-0.05, 0) is 56.5 Å². The highest BCUT2D eigenvalue weighted by molar-refractivity contribution is 9.10. The molecule has 0 aliphatic heterocycles. The van der Waals surface area contributed by atoms with E-state index in [0.29, 0.717) is 6.04 Å². The Morgan fingerprint density at radius 2 is 2.31 bits per heavy atom. The highest BCUT2D eigenvalue weighted by Crippen LogP contribution is 2.06. The third-order valence-electron chi connectivity index (χ3n) is 2.34. The predicted molar refractivity (Wildman–Crippen MR) is 70.6 cm³/mol. The maximum Gasteiger partial charge on any atom is 0.0632 e. The first-order valence-electron chi connectivity index (χ1n) is 5.64. The molecule has 0 saturated heterocycles. The van der Waals surface area contributed by atoms with Crippen molar-refractivity contribution in [2.45, 2.75) is 25.9 Å². The van der Waals surface area contributed by atoms with Gasteiger partial charge in [-0.25, -0.2) is 0 Å². The van der Waals surface area contributed by atoms with Crippen molar-refractivity contribution in [1.29, 1.82) is 0 Å². The second-order valence-electron chi connectivity index (χ2n) is 4.39. The number of nitrogens with zero attached hydrogens (tertiary/aromatic N) is 3. The molecule has 92 valence electrons. The number of nitrogens with one attached hydrogen (secondary N) is 1. The van der Waals surface area contributed by atoms with E-state index in [-0.39, 0.29) is 0 Å². The van der Waals surface area contributed by atoms with Crippen molar-refractivity contribution in [3.8, 4) is 0 Å². The molecule has 0 fully saturated rings. The van der Waals surface area contributed by atoms with Gasteiger partial charge >= 0.3 is 0 Å². The molecule has 1 heterocycles. The van der Waals surface area contributed by atoms with Crippen LogP contribution in [0.5, 0.6) is 0 Å². The summed E-state index contributed by atoms with van der Waals surface area (Å²) >= 11 is 3.39. The van der Waals surface area contributed by atoms with Crippen LogP contribution in [0.15, 0.2) is 16.9 Å². The van der Waals surface area contributed by atoms with Gasteiger partial charge in [0.05, 0.1) is 17.2 Å². The van der Waals surface area contributed by atoms with Gasteiger partial charge in [-0.15, -0.1) is 0 Å². The lowest BCUT2D eigenvalue weighted by Crippen LogP contribution is -2.32. The molecule has 0 saturated carbocycles. The maximum absolute atomic E-state index is 4.23. The van der Waals surface area contributed by atoms with Gasteiger partial charge in [-0.2, -0.15) is 5.10 Å². The van der Waals surface area contributed by atoms with E-state index >= 15 is 0 Å². The predicted octanol–water partition coefficient (Wildman–Crippen LogP) is 1.58. The standard InChI is InChI=1S/C11H21BrN4/c1-10(13-5-4-6-15(2)3)8-16-9-11(12)7-14-16/h7,9-10,13H,4-6,8H2,1-3H3. The minimum absolute atomic E-state index is 0.453. The van der Waals surface area contributed by atoms with Crippen LogP contribution in [0.4, 0.5) is 0 Å². The molecular formula is C11H21BrN4. The summed E-state index contributed by atoms with van der Waals surface area (Å²) in [6.07, 6.45) is 5.00. The van der Waals surface area contributed by atoms with Crippen molar-refractivity contribution in [1.82, 2.24) is 20.0 Å². The molecule has 0 radical (unpaired) electrons. The van der Waals surface area contributed by atoms with Crippen LogP contribution in [0, 0.1) is 0 Å². The first-order valence-corrected chi connectivity index (χ1v) is 6.43. The van der Waals surface area contributed by atoms with Crippen LogP contribution in [-0.2, 0) is 6.54 Å². The van der Waals surface area contributed by atoms with Crippen LogP contribution in [0.25, 0.3) is 0 Å². The summed E-state index contributed by atoms with van der Waals surface area (Å²) in [5.41, 5.74) is 0. The van der Waals surface area contributed by atoms with Crippen molar-refractivity contribution >= 4 is 15.9 Å². The second-order valence-corrected chi connectivity index (χ2v) is 5.31. The van der Waals surface area contributed by atoms with Gasteiger partial charge in [-0.3, -0.25) is 4.68 Å². The highest BCUT2D eigenvalue weighted by Gasteiger charge is 2.03. The maximum atomic E-state index is 4.23. The molecule has 0 aliphatic rings. The van der Waals surface area contributed by atoms with Crippen LogP contribution >= 0.6 is 15.9 Å². The zero-order valence-corrected chi connectivity index (χ0v) is 11.9. The quantitative estimate of drug-likeness (QED) is 0.774. The number of hydrogen-bond donors (Lipinski definition) is 1. The Kier molecular flexibility index (Phi) is 6.01. The lowest BCUT2D eigenvalue weighted by Gasteiger charge is -2.15. The summed E-state index contributed by atoms with van der Waals surface area (Å²) < 4.78 is 2.99. The largest absolute Gasteiger partial charge is 0.312 e. The number of aromatic nitrogens is 2. The Labute approximate surface area is 106 Å². The lowest BCUT2D eigenvalue weighted by molar-refractivity contribution is 0.379. The molecule has 4 nitrogen and oxygen atoms in total. The van der Waals surface area contributed by atoms with Crippen molar-refractivity contribution in [3.05, 3.63) is 16.9 Å². The number of hydrogen-bond acceptors (Lipinski definition) is 3. The summed E-state index contributed by atoms with van der Waals surface area (Å²) in [5, 5.41) is 7.73. The molecule has 16 heavy (non-hydrogen) atoms. The molecule has 0 aliphatic carbocycles. The first kappa shape index (κ1) is 13.7. The average molecular weight is 289 g/mol. The summed E-state index contributed by atoms with van der Waals surface area (Å²) in [4.78, 5) is 2.21. The molecule has 5 heteroatoms. The van der Waals surface area contributed by atoms with Gasteiger partial charge in [0, 0.05) is 12.2 Å². The van der Waals surface area contributed by atoms with E-state index < -0.39 is 0 Å². The molecule has 1 aromatic heterocycles. The van der Waals surface area contributed by atoms with Gasteiger partial charge in [0.25, 0.3) is 0 Å². The Hall–Kier alpha value is -0.390. The van der Waals surface area contributed by atoms with Crippen LogP contribution < -0.4 is 5.32 Å². The van der Waals surface area contributed by atoms with Crippen LogP contribution in [0.3, 0.4) is 0 Å². The SMILES string of the molecule is CC(Cn1cc(Br)cn1)NCCCN(C)C. The highest BCUT2D eigenvalue weighted by atomic mass is 79.9. The van der Waals surface area contributed by atoms with Crippen molar-refractivity contribution in [2.24, 2.45) is 0 Å². The Morgan fingerprint density at radius 1 is 1.56 bits per heavy atom. The number of halogens is 1. The smallest absolute Gasteiger partial charge is 0.0632 e. The zero-order chi connectivity index (χ0) is 12.0. The van der Waals surface area contributed by atoms with Crippen LogP contribution in [-0.4, -0.2) is 47.9 Å². The van der Waals surface area contributed by atoms with E-state index in [0.717, 1.165) is 24.1 Å². The Morgan fingerprint density at radius 3 is 2.88 bits per heavy atom. The zero-order valence-electron chi connectivity index (χ0n) is 10.3. The van der Waals surface area contributed by atoms with Crippen LogP contribution in [0.1, 0.15) is 13.3 Å². The first-order chi connectivity index (χ1) is 7.58. The van der Waals surface area contributed by atoms with Gasteiger partial charge in [-0.1, -0.05) is 0 Å². The average Bonchev–Trinajstić information content (AvgIpc) is 2.58. The summed E-state index contributed by atoms with van der Waals surface area (Å²) in [7, 11) is 4.20. The van der Waals surface area contributed by atoms with E-state index in [2.05, 4.69) is 52.3 Å². The van der Waals surface area contributed by atoms with Crippen molar-refractivity contribution in [3.63, 3.8) is 0 Å². The van der Waals surface area contributed by atoms with E-state index in [9.17, 15) is 0 Å². The fourth-order valence-corrected chi connectivity index (χ4v) is 1.85. The van der Waals surface area contributed by atoms with E-state index in [1.54, 1.807) is 0 Å². The van der Waals surface area contributed by atoms with E-state index in [4.69, 9.17) is 0 Å². The molecule has 1 N–H and O–H groups in total. The molecule has 0 bridgehead atoms. The third kappa shape index (κ3) is 5.63. The van der Waals surface area contributed by atoms with E-state index in [1.165, 1.54) is 6.42 Å². The lowest BCUT2D eigenvalue weighted by atomic mass is 10.3. The number of rotatable bonds is 7. The molecule has 0 amide bonds. The summed E-state index contributed by atoms with van der Waals surface area (Å²) in [6.45, 7) is 5.29. The molecule has 1 aromatic rings. The topological polar surface area (TPSA) is 33.1 Å². The fourth-order valence-electron chi connectivity index (χ4n) is 1.53. The Balaban J connectivity index is 2.13. The van der Waals surface area contributed by atoms with Gasteiger partial charge in [0.2, 0.25) is 0 Å². The molecule has 1 rings (SSSR count). The van der Waals surface area contributed by atoms with Gasteiger partial charge in [0.1, 0.15) is 0 Å². The minimum atomic E-state index is 0.453. The molecule has 0 aromatic carbocycles. The summed E-state index contributed by atoms with van der Waals surface area (Å²) in [5.74, 6) is 0. The molecule has 1 unspecified atom stereocenters. The van der Waals surface area contributed by atoms with Crippen molar-refractivity contribution in [2.75, 3.05) is 27.2 Å². The second kappa shape index (κ2) is 7.04. The van der Waals surface area contributed by atoms with Gasteiger partial charge in [0.15, 0.2) is 0 Å².